The minimum absolute atomic E-state index is 0.00971. The Morgan fingerprint density at radius 2 is 2.15 bits per heavy atom. The number of carbonyl (C=O) groups is 2. The number of amides is 2. The van der Waals surface area contributed by atoms with E-state index in [2.05, 4.69) is 15.5 Å². The van der Waals surface area contributed by atoms with Crippen LogP contribution in [0.1, 0.15) is 47.5 Å². The molecule has 2 heterocycles. The third-order valence-electron chi connectivity index (χ3n) is 5.66. The van der Waals surface area contributed by atoms with Gasteiger partial charge < -0.3 is 9.64 Å². The lowest BCUT2D eigenvalue weighted by atomic mass is 9.71. The first-order chi connectivity index (χ1) is 13.2. The van der Waals surface area contributed by atoms with Gasteiger partial charge in [-0.05, 0) is 24.5 Å². The highest BCUT2D eigenvalue weighted by Gasteiger charge is 2.55. The monoisotopic (exact) mass is 386 g/mol. The summed E-state index contributed by atoms with van der Waals surface area (Å²) in [6.45, 7) is 0.923. The van der Waals surface area contributed by atoms with Crippen LogP contribution in [0.4, 0.5) is 5.13 Å². The molecular formula is C19H22N4O3S. The van der Waals surface area contributed by atoms with E-state index in [4.69, 9.17) is 4.74 Å². The van der Waals surface area contributed by atoms with Crippen molar-refractivity contribution in [2.75, 3.05) is 25.6 Å². The van der Waals surface area contributed by atoms with Crippen molar-refractivity contribution in [3.63, 3.8) is 0 Å². The number of carbonyl (C=O) groups excluding carboxylic acids is 2. The van der Waals surface area contributed by atoms with E-state index in [1.165, 1.54) is 11.3 Å². The highest BCUT2D eigenvalue weighted by molar-refractivity contribution is 7.13. The van der Waals surface area contributed by atoms with E-state index in [1.54, 1.807) is 12.6 Å². The summed E-state index contributed by atoms with van der Waals surface area (Å²) in [7, 11) is 1.63. The summed E-state index contributed by atoms with van der Waals surface area (Å²) in [5.74, 6) is -0.574. The zero-order valence-electron chi connectivity index (χ0n) is 15.2. The predicted molar refractivity (Wildman–Crippen MR) is 102 cm³/mol. The van der Waals surface area contributed by atoms with Gasteiger partial charge in [0, 0.05) is 19.2 Å². The van der Waals surface area contributed by atoms with Gasteiger partial charge in [0.2, 0.25) is 11.0 Å². The zero-order valence-corrected chi connectivity index (χ0v) is 16.0. The van der Waals surface area contributed by atoms with E-state index in [1.807, 2.05) is 29.2 Å². The number of anilines is 1. The first-order valence-electron chi connectivity index (χ1n) is 9.14. The molecule has 1 aliphatic carbocycles. The SMILES string of the molecule is COCCN1C(=O)c2ccccc2C(C(=O)Nc2nncs2)C12CCCC2. The molecule has 1 aliphatic heterocycles. The number of methoxy groups -OCH3 is 1. The summed E-state index contributed by atoms with van der Waals surface area (Å²) in [5.41, 5.74) is 2.48. The van der Waals surface area contributed by atoms with Crippen LogP contribution < -0.4 is 5.32 Å². The number of hydrogen-bond donors (Lipinski definition) is 1. The Hall–Kier alpha value is -2.32. The molecule has 7 nitrogen and oxygen atoms in total. The van der Waals surface area contributed by atoms with Crippen molar-refractivity contribution >= 4 is 28.3 Å². The molecule has 2 amide bonds. The molecule has 27 heavy (non-hydrogen) atoms. The van der Waals surface area contributed by atoms with Gasteiger partial charge in [0.15, 0.2) is 0 Å². The van der Waals surface area contributed by atoms with Crippen molar-refractivity contribution in [2.45, 2.75) is 37.1 Å². The Kier molecular flexibility index (Phi) is 4.92. The summed E-state index contributed by atoms with van der Waals surface area (Å²) < 4.78 is 5.25. The van der Waals surface area contributed by atoms with Crippen molar-refractivity contribution in [1.29, 1.82) is 0 Å². The Morgan fingerprint density at radius 3 is 2.85 bits per heavy atom. The summed E-state index contributed by atoms with van der Waals surface area (Å²) >= 11 is 1.29. The van der Waals surface area contributed by atoms with Crippen LogP contribution in [0.15, 0.2) is 29.8 Å². The molecule has 0 bridgehead atoms. The summed E-state index contributed by atoms with van der Waals surface area (Å²) in [6.07, 6.45) is 3.62. The molecule has 1 saturated carbocycles. The Morgan fingerprint density at radius 1 is 1.37 bits per heavy atom. The van der Waals surface area contributed by atoms with Crippen LogP contribution in [-0.2, 0) is 9.53 Å². The molecule has 1 aromatic heterocycles. The largest absolute Gasteiger partial charge is 0.383 e. The van der Waals surface area contributed by atoms with Crippen LogP contribution in [0, 0.1) is 0 Å². The number of nitrogens with zero attached hydrogens (tertiary/aromatic N) is 3. The van der Waals surface area contributed by atoms with Gasteiger partial charge in [-0.25, -0.2) is 0 Å². The van der Waals surface area contributed by atoms with Gasteiger partial charge in [0.1, 0.15) is 5.51 Å². The van der Waals surface area contributed by atoms with Gasteiger partial charge in [-0.2, -0.15) is 0 Å². The van der Waals surface area contributed by atoms with Crippen LogP contribution in [-0.4, -0.2) is 52.7 Å². The molecule has 1 fully saturated rings. The Bertz CT molecular complexity index is 833. The van der Waals surface area contributed by atoms with Gasteiger partial charge in [0.25, 0.3) is 5.91 Å². The number of aromatic nitrogens is 2. The number of hydrogen-bond acceptors (Lipinski definition) is 6. The highest BCUT2D eigenvalue weighted by atomic mass is 32.1. The van der Waals surface area contributed by atoms with Crippen LogP contribution in [0.3, 0.4) is 0 Å². The van der Waals surface area contributed by atoms with Gasteiger partial charge in [-0.15, -0.1) is 10.2 Å². The van der Waals surface area contributed by atoms with Crippen molar-refractivity contribution in [1.82, 2.24) is 15.1 Å². The van der Waals surface area contributed by atoms with E-state index in [-0.39, 0.29) is 11.8 Å². The fourth-order valence-corrected chi connectivity index (χ4v) is 5.03. The molecule has 2 aliphatic rings. The number of benzene rings is 1. The summed E-state index contributed by atoms with van der Waals surface area (Å²) in [4.78, 5) is 28.5. The molecular weight excluding hydrogens is 364 g/mol. The molecule has 1 atom stereocenters. The fraction of sp³-hybridized carbons (Fsp3) is 0.474. The smallest absolute Gasteiger partial charge is 0.254 e. The molecule has 1 unspecified atom stereocenters. The predicted octanol–water partition coefficient (Wildman–Crippen LogP) is 2.68. The first-order valence-corrected chi connectivity index (χ1v) is 10.0. The van der Waals surface area contributed by atoms with Crippen LogP contribution >= 0.6 is 11.3 Å². The van der Waals surface area contributed by atoms with Gasteiger partial charge in [-0.3, -0.25) is 14.9 Å². The third kappa shape index (κ3) is 3.02. The summed E-state index contributed by atoms with van der Waals surface area (Å²) in [6, 6.07) is 7.46. The molecule has 1 N–H and O–H groups in total. The number of nitrogens with one attached hydrogen (secondary N) is 1. The standard InChI is InChI=1S/C19H22N4O3S/c1-26-11-10-23-17(25)14-7-3-2-6-13(14)15(19(23)8-4-5-9-19)16(24)21-18-22-20-12-27-18/h2-3,6-7,12,15H,4-5,8-11H2,1H3,(H,21,22,24). The third-order valence-corrected chi connectivity index (χ3v) is 6.27. The second-order valence-electron chi connectivity index (χ2n) is 7.01. The van der Waals surface area contributed by atoms with Gasteiger partial charge >= 0.3 is 0 Å². The Balaban J connectivity index is 1.80. The quantitative estimate of drug-likeness (QED) is 0.854. The number of ether oxygens (including phenoxy) is 1. The lowest BCUT2D eigenvalue weighted by molar-refractivity contribution is -0.121. The van der Waals surface area contributed by atoms with Crippen molar-refractivity contribution in [3.8, 4) is 0 Å². The molecule has 1 aromatic carbocycles. The second-order valence-corrected chi connectivity index (χ2v) is 7.85. The summed E-state index contributed by atoms with van der Waals surface area (Å²) in [5, 5.41) is 11.1. The van der Waals surface area contributed by atoms with E-state index in [9.17, 15) is 9.59 Å². The lowest BCUT2D eigenvalue weighted by Gasteiger charge is -2.50. The highest BCUT2D eigenvalue weighted by Crippen LogP contribution is 2.50. The fourth-order valence-electron chi connectivity index (χ4n) is 4.58. The number of fused-ring (bicyclic) bond motifs is 1. The molecule has 142 valence electrons. The van der Waals surface area contributed by atoms with E-state index >= 15 is 0 Å². The molecule has 1 spiro atoms. The minimum atomic E-state index is -0.515. The Labute approximate surface area is 161 Å². The van der Waals surface area contributed by atoms with Crippen molar-refractivity contribution < 1.29 is 14.3 Å². The van der Waals surface area contributed by atoms with Crippen molar-refractivity contribution in [2.24, 2.45) is 0 Å². The number of rotatable bonds is 5. The zero-order chi connectivity index (χ0) is 18.9. The van der Waals surface area contributed by atoms with Crippen molar-refractivity contribution in [3.05, 3.63) is 40.9 Å². The van der Waals surface area contributed by atoms with Gasteiger partial charge in [0.05, 0.1) is 18.1 Å². The second kappa shape index (κ2) is 7.36. The molecule has 2 aromatic rings. The average Bonchev–Trinajstić information content (AvgIpc) is 3.35. The van der Waals surface area contributed by atoms with Crippen LogP contribution in [0.25, 0.3) is 0 Å². The van der Waals surface area contributed by atoms with E-state index in [0.29, 0.717) is 23.8 Å². The maximum atomic E-state index is 13.4. The van der Waals surface area contributed by atoms with E-state index < -0.39 is 11.5 Å². The maximum absolute atomic E-state index is 13.4. The van der Waals surface area contributed by atoms with E-state index in [0.717, 1.165) is 31.2 Å². The van der Waals surface area contributed by atoms with Gasteiger partial charge in [-0.1, -0.05) is 42.4 Å². The molecule has 4 rings (SSSR count). The lowest BCUT2D eigenvalue weighted by Crippen LogP contribution is -2.60. The first kappa shape index (κ1) is 18.1. The molecule has 0 radical (unpaired) electrons. The molecule has 8 heteroatoms. The normalized spacial score (nSPS) is 20.7. The van der Waals surface area contributed by atoms with Crippen LogP contribution in [0.2, 0.25) is 0 Å². The topological polar surface area (TPSA) is 84.4 Å². The molecule has 0 saturated heterocycles. The minimum Gasteiger partial charge on any atom is -0.383 e. The van der Waals surface area contributed by atoms with Crippen LogP contribution in [0.5, 0.6) is 0 Å². The maximum Gasteiger partial charge on any atom is 0.254 e. The average molecular weight is 386 g/mol.